The first-order chi connectivity index (χ1) is 22.0. The van der Waals surface area contributed by atoms with E-state index in [0.717, 1.165) is 4.90 Å². The third kappa shape index (κ3) is 7.98. The zero-order chi connectivity index (χ0) is 33.4. The van der Waals surface area contributed by atoms with Crippen LogP contribution in [0.15, 0.2) is 97.1 Å². The van der Waals surface area contributed by atoms with Crippen LogP contribution in [0.1, 0.15) is 29.7 Å². The van der Waals surface area contributed by atoms with Gasteiger partial charge in [0.05, 0.1) is 16.3 Å². The zero-order valence-corrected chi connectivity index (χ0v) is 25.2. The first-order valence-corrected chi connectivity index (χ1v) is 14.9. The van der Waals surface area contributed by atoms with Crippen LogP contribution in [0.5, 0.6) is 0 Å². The number of carbonyl (C=O) groups excluding carboxylic acids is 4. The molecule has 0 spiro atoms. The van der Waals surface area contributed by atoms with Gasteiger partial charge < -0.3 is 25.1 Å². The lowest BCUT2D eigenvalue weighted by atomic mass is 9.98. The van der Waals surface area contributed by atoms with E-state index in [0.29, 0.717) is 16.7 Å². The van der Waals surface area contributed by atoms with Crippen molar-refractivity contribution in [3.63, 3.8) is 0 Å². The fourth-order valence-electron chi connectivity index (χ4n) is 4.63. The Morgan fingerprint density at radius 3 is 2.09 bits per heavy atom. The molecule has 1 heterocycles. The largest absolute Gasteiger partial charge is 0.595 e. The van der Waals surface area contributed by atoms with Crippen LogP contribution in [0.4, 0.5) is 15.3 Å². The lowest BCUT2D eigenvalue weighted by Gasteiger charge is -2.48. The molecule has 0 saturated carbocycles. The van der Waals surface area contributed by atoms with Crippen molar-refractivity contribution in [3.8, 4) is 0 Å². The van der Waals surface area contributed by atoms with E-state index in [2.05, 4.69) is 16.7 Å². The molecule has 5 N–H and O–H groups in total. The van der Waals surface area contributed by atoms with Crippen molar-refractivity contribution in [1.82, 2.24) is 20.5 Å². The summed E-state index contributed by atoms with van der Waals surface area (Å²) in [4.78, 5) is 64.5. The van der Waals surface area contributed by atoms with Crippen molar-refractivity contribution >= 4 is 41.1 Å². The number of ether oxygens (including phenoxy) is 2. The number of nitro benzene ring substituents is 1. The molecule has 1 fully saturated rings. The van der Waals surface area contributed by atoms with Gasteiger partial charge in [0.2, 0.25) is 5.37 Å². The maximum atomic E-state index is 13.8. The lowest BCUT2D eigenvalue weighted by Crippen LogP contribution is -2.78. The first-order valence-electron chi connectivity index (χ1n) is 13.6. The maximum absolute atomic E-state index is 13.8. The summed E-state index contributed by atoms with van der Waals surface area (Å²) in [7, 11) is 0. The number of nitro groups is 1. The number of alkyl carbamates (subject to hydrolysis) is 1. The number of non-ortho nitro benzene ring substituents is 1. The van der Waals surface area contributed by atoms with Gasteiger partial charge in [-0.05, 0) is 46.2 Å². The number of hydrogen-bond acceptors (Lipinski definition) is 10. The number of nitrogens with one attached hydrogen (secondary N) is 3. The Morgan fingerprint density at radius 2 is 1.59 bits per heavy atom. The van der Waals surface area contributed by atoms with E-state index >= 15 is 0 Å². The smallest absolute Gasteiger partial charge is 0.408 e. The second-order valence-corrected chi connectivity index (χ2v) is 11.3. The van der Waals surface area contributed by atoms with Crippen molar-refractivity contribution in [2.75, 3.05) is 0 Å². The van der Waals surface area contributed by atoms with E-state index < -0.39 is 63.8 Å². The van der Waals surface area contributed by atoms with Gasteiger partial charge in [-0.2, -0.15) is 0 Å². The summed E-state index contributed by atoms with van der Waals surface area (Å²) >= 11 is -2.32. The van der Waals surface area contributed by atoms with E-state index in [4.69, 9.17) is 15.2 Å². The van der Waals surface area contributed by atoms with Gasteiger partial charge in [0.1, 0.15) is 6.61 Å². The Bertz CT molecular complexity index is 1550. The van der Waals surface area contributed by atoms with E-state index in [1.54, 1.807) is 60.7 Å². The molecule has 15 nitrogen and oxygen atoms in total. The SMILES string of the molecule is C=C(C)C(C(=O)OC(c1ccccc1)c1ccccc1)N1C(=O)C(NC(=O)OCc2ccc([N+](=O)[O-])cc2)C1[S+]([O-])NNC(N)=O. The van der Waals surface area contributed by atoms with Crippen molar-refractivity contribution < 1.29 is 38.1 Å². The summed E-state index contributed by atoms with van der Waals surface area (Å²) in [6, 6.07) is 19.1. The number of primary amides is 1. The molecule has 1 aliphatic heterocycles. The molecule has 4 rings (SSSR count). The predicted molar refractivity (Wildman–Crippen MR) is 164 cm³/mol. The highest BCUT2D eigenvalue weighted by Crippen LogP contribution is 2.33. The number of hydrazine groups is 1. The molecule has 3 aromatic rings. The molecule has 0 radical (unpaired) electrons. The minimum atomic E-state index is -2.32. The highest BCUT2D eigenvalue weighted by atomic mass is 32.2. The summed E-state index contributed by atoms with van der Waals surface area (Å²) in [5.41, 5.74) is 8.78. The standard InChI is InChI=1S/C30H30N6O9S/c1-18(2)24(28(38)45-25(20-9-5-3-6-10-20)21-11-7-4-8-12-21)35-26(37)23(27(35)46(43)34-33-29(31)39)32-30(40)44-17-19-13-15-22(16-14-19)36(41)42/h3-16,23-25,27,34H,1,17H2,2H3,(H,32,40)(H3,31,33,39). The first kappa shape index (κ1) is 33.4. The van der Waals surface area contributed by atoms with Crippen molar-refractivity contribution in [3.05, 3.63) is 124 Å². The van der Waals surface area contributed by atoms with Gasteiger partial charge in [-0.15, -0.1) is 0 Å². The van der Waals surface area contributed by atoms with Crippen molar-refractivity contribution in [1.29, 1.82) is 0 Å². The van der Waals surface area contributed by atoms with E-state index in [9.17, 15) is 33.8 Å². The van der Waals surface area contributed by atoms with E-state index in [1.165, 1.54) is 31.2 Å². The number of benzene rings is 3. The van der Waals surface area contributed by atoms with Crippen molar-refractivity contribution in [2.45, 2.75) is 37.1 Å². The van der Waals surface area contributed by atoms with E-state index in [-0.39, 0.29) is 17.9 Å². The van der Waals surface area contributed by atoms with Gasteiger partial charge in [-0.1, -0.05) is 67.2 Å². The summed E-state index contributed by atoms with van der Waals surface area (Å²) in [5, 5.41) is 11.8. The normalized spacial score (nSPS) is 16.8. The molecule has 4 atom stereocenters. The van der Waals surface area contributed by atoms with E-state index in [1.807, 2.05) is 5.43 Å². The topological polar surface area (TPSA) is 218 Å². The van der Waals surface area contributed by atoms with Gasteiger partial charge >= 0.3 is 18.1 Å². The molecule has 46 heavy (non-hydrogen) atoms. The number of likely N-dealkylation sites (tertiary alicyclic amines) is 1. The highest BCUT2D eigenvalue weighted by molar-refractivity contribution is 7.90. The number of nitrogens with zero attached hydrogens (tertiary/aromatic N) is 2. The van der Waals surface area contributed by atoms with Crippen LogP contribution in [0, 0.1) is 10.1 Å². The minimum absolute atomic E-state index is 0.153. The maximum Gasteiger partial charge on any atom is 0.408 e. The molecular formula is C30H30N6O9S. The quantitative estimate of drug-likeness (QED) is 0.0529. The number of urea groups is 1. The summed E-state index contributed by atoms with van der Waals surface area (Å²) < 4.78 is 24.4. The van der Waals surface area contributed by atoms with Crippen LogP contribution in [-0.4, -0.2) is 55.8 Å². The molecule has 0 aromatic heterocycles. The molecule has 0 aliphatic carbocycles. The average Bonchev–Trinajstić information content (AvgIpc) is 3.05. The van der Waals surface area contributed by atoms with Crippen LogP contribution in [-0.2, 0) is 37.0 Å². The molecule has 4 unspecified atom stereocenters. The van der Waals surface area contributed by atoms with Gasteiger partial charge in [-0.3, -0.25) is 19.8 Å². The second-order valence-electron chi connectivity index (χ2n) is 10.0. The minimum Gasteiger partial charge on any atom is -0.595 e. The Balaban J connectivity index is 1.54. The summed E-state index contributed by atoms with van der Waals surface area (Å²) in [6.45, 7) is 5.02. The lowest BCUT2D eigenvalue weighted by molar-refractivity contribution is -0.384. The van der Waals surface area contributed by atoms with Gasteiger partial charge in [0.25, 0.3) is 11.6 Å². The van der Waals surface area contributed by atoms with Crippen molar-refractivity contribution in [2.24, 2.45) is 5.73 Å². The van der Waals surface area contributed by atoms with Crippen LogP contribution >= 0.6 is 0 Å². The molecule has 16 heteroatoms. The summed E-state index contributed by atoms with van der Waals surface area (Å²) in [6.07, 6.45) is -1.95. The monoisotopic (exact) mass is 650 g/mol. The molecule has 240 valence electrons. The van der Waals surface area contributed by atoms with Crippen LogP contribution < -0.4 is 21.3 Å². The molecule has 1 saturated heterocycles. The summed E-state index contributed by atoms with van der Waals surface area (Å²) in [5.74, 6) is -1.70. The zero-order valence-electron chi connectivity index (χ0n) is 24.4. The Hall–Kier alpha value is -5.45. The third-order valence-corrected chi connectivity index (χ3v) is 8.01. The molecule has 3 aromatic carbocycles. The molecule has 4 amide bonds. The fraction of sp³-hybridized carbons (Fsp3) is 0.200. The average molecular weight is 651 g/mol. The number of β-lactam (4-membered cyclic amide) rings is 1. The van der Waals surface area contributed by atoms with Gasteiger partial charge in [0.15, 0.2) is 18.2 Å². The van der Waals surface area contributed by atoms with Crippen LogP contribution in [0.3, 0.4) is 0 Å². The molecular weight excluding hydrogens is 620 g/mol. The molecule has 0 bridgehead atoms. The van der Waals surface area contributed by atoms with Crippen LogP contribution in [0.25, 0.3) is 0 Å². The van der Waals surface area contributed by atoms with Crippen LogP contribution in [0.2, 0.25) is 0 Å². The van der Waals surface area contributed by atoms with Gasteiger partial charge in [0, 0.05) is 12.1 Å². The fourth-order valence-corrected chi connectivity index (χ4v) is 5.82. The number of rotatable bonds is 13. The number of esters is 1. The highest BCUT2D eigenvalue weighted by Gasteiger charge is 2.61. The Morgan fingerprint density at radius 1 is 1.02 bits per heavy atom. The van der Waals surface area contributed by atoms with Gasteiger partial charge in [-0.25, -0.2) is 19.8 Å². The number of hydrogen-bond donors (Lipinski definition) is 4. The third-order valence-electron chi connectivity index (χ3n) is 6.77. The second kappa shape index (κ2) is 15.0. The Labute approximate surface area is 266 Å². The predicted octanol–water partition coefficient (Wildman–Crippen LogP) is 2.47. The number of carbonyl (C=O) groups is 4. The number of nitrogens with two attached hydrogens (primary N) is 1. The number of amides is 4. The molecule has 1 aliphatic rings. The Kier molecular flexibility index (Phi) is 10.9.